The van der Waals surface area contributed by atoms with E-state index in [0.717, 1.165) is 37.0 Å². The molecule has 1 N–H and O–H groups in total. The topological polar surface area (TPSA) is 42.4 Å². The van der Waals surface area contributed by atoms with Crippen molar-refractivity contribution < 1.29 is 9.84 Å². The molecule has 0 saturated heterocycles. The van der Waals surface area contributed by atoms with Crippen molar-refractivity contribution in [1.29, 1.82) is 0 Å². The minimum Gasteiger partial charge on any atom is -0.492 e. The number of nitrogens with zero attached hydrogens (tertiary/aromatic N) is 1. The van der Waals surface area contributed by atoms with Crippen LogP contribution in [-0.2, 0) is 5.60 Å². The van der Waals surface area contributed by atoms with Gasteiger partial charge in [-0.15, -0.1) is 0 Å². The van der Waals surface area contributed by atoms with E-state index in [4.69, 9.17) is 4.74 Å². The largest absolute Gasteiger partial charge is 0.492 e. The summed E-state index contributed by atoms with van der Waals surface area (Å²) < 4.78 is 5.59. The number of ether oxygens (including phenoxy) is 1. The van der Waals surface area contributed by atoms with Crippen molar-refractivity contribution in [3.63, 3.8) is 0 Å². The Bertz CT molecular complexity index is 394. The maximum Gasteiger partial charge on any atom is 0.137 e. The fourth-order valence-corrected chi connectivity index (χ4v) is 2.71. The van der Waals surface area contributed by atoms with Crippen LogP contribution in [0.3, 0.4) is 0 Å². The minimum absolute atomic E-state index is 0.287. The molecule has 3 heteroatoms. The lowest BCUT2D eigenvalue weighted by molar-refractivity contribution is -0.0473. The molecule has 2 atom stereocenters. The van der Waals surface area contributed by atoms with Crippen LogP contribution in [0.4, 0.5) is 0 Å². The summed E-state index contributed by atoms with van der Waals surface area (Å²) in [5.41, 5.74) is 0.180. The zero-order valence-electron chi connectivity index (χ0n) is 11.4. The molecule has 1 saturated carbocycles. The van der Waals surface area contributed by atoms with E-state index >= 15 is 0 Å². The normalized spacial score (nSPS) is 28.1. The van der Waals surface area contributed by atoms with Gasteiger partial charge < -0.3 is 9.84 Å². The van der Waals surface area contributed by atoms with Gasteiger partial charge in [-0.2, -0.15) is 0 Å². The molecule has 1 aromatic heterocycles. The summed E-state index contributed by atoms with van der Waals surface area (Å²) in [6.07, 6.45) is 8.68. The van der Waals surface area contributed by atoms with Crippen LogP contribution >= 0.6 is 0 Å². The van der Waals surface area contributed by atoms with E-state index in [2.05, 4.69) is 18.8 Å². The standard InChI is InChI=1S/C15H23NO2/c1-3-8-18-14-9-13(10-16-11-14)15(17)7-5-4-6-12(15)2/h9-12,17H,3-8H2,1-2H3. The molecule has 0 aliphatic heterocycles. The second-order valence-corrected chi connectivity index (χ2v) is 5.33. The van der Waals surface area contributed by atoms with Gasteiger partial charge in [-0.3, -0.25) is 4.98 Å². The van der Waals surface area contributed by atoms with E-state index in [1.807, 2.05) is 6.07 Å². The molecule has 0 spiro atoms. The number of hydrogen-bond acceptors (Lipinski definition) is 3. The summed E-state index contributed by atoms with van der Waals surface area (Å²) in [5.74, 6) is 1.05. The van der Waals surface area contributed by atoms with Crippen molar-refractivity contribution in [1.82, 2.24) is 4.98 Å². The summed E-state index contributed by atoms with van der Waals surface area (Å²) in [5, 5.41) is 10.9. The summed E-state index contributed by atoms with van der Waals surface area (Å²) in [4.78, 5) is 4.21. The van der Waals surface area contributed by atoms with Crippen molar-refractivity contribution in [2.45, 2.75) is 51.6 Å². The van der Waals surface area contributed by atoms with Crippen molar-refractivity contribution in [3.8, 4) is 5.75 Å². The van der Waals surface area contributed by atoms with Crippen molar-refractivity contribution >= 4 is 0 Å². The van der Waals surface area contributed by atoms with E-state index in [0.29, 0.717) is 6.61 Å². The van der Waals surface area contributed by atoms with Crippen LogP contribution in [0.1, 0.15) is 51.5 Å². The first-order chi connectivity index (χ1) is 8.66. The average Bonchev–Trinajstić information content (AvgIpc) is 2.40. The first-order valence-corrected chi connectivity index (χ1v) is 6.97. The Morgan fingerprint density at radius 1 is 1.44 bits per heavy atom. The first kappa shape index (κ1) is 13.3. The summed E-state index contributed by atoms with van der Waals surface area (Å²) in [6, 6.07) is 1.95. The highest BCUT2D eigenvalue weighted by atomic mass is 16.5. The number of hydrogen-bond donors (Lipinski definition) is 1. The molecule has 18 heavy (non-hydrogen) atoms. The van der Waals surface area contributed by atoms with Gasteiger partial charge in [0.05, 0.1) is 18.4 Å². The Kier molecular flexibility index (Phi) is 4.23. The second-order valence-electron chi connectivity index (χ2n) is 5.33. The lowest BCUT2D eigenvalue weighted by Gasteiger charge is -2.38. The van der Waals surface area contributed by atoms with Gasteiger partial charge in [0.2, 0.25) is 0 Å². The van der Waals surface area contributed by atoms with Gasteiger partial charge in [0, 0.05) is 11.8 Å². The Balaban J connectivity index is 2.20. The van der Waals surface area contributed by atoms with Crippen LogP contribution in [0.15, 0.2) is 18.5 Å². The predicted octanol–water partition coefficient (Wildman–Crippen LogP) is 3.27. The average molecular weight is 249 g/mol. The summed E-state index contributed by atoms with van der Waals surface area (Å²) in [7, 11) is 0. The Morgan fingerprint density at radius 2 is 2.28 bits per heavy atom. The van der Waals surface area contributed by atoms with Crippen LogP contribution in [0, 0.1) is 5.92 Å². The number of aromatic nitrogens is 1. The highest BCUT2D eigenvalue weighted by Gasteiger charge is 2.38. The second kappa shape index (κ2) is 5.70. The first-order valence-electron chi connectivity index (χ1n) is 6.97. The van der Waals surface area contributed by atoms with E-state index in [1.54, 1.807) is 12.4 Å². The quantitative estimate of drug-likeness (QED) is 0.890. The third-order valence-corrected chi connectivity index (χ3v) is 3.95. The molecule has 1 fully saturated rings. The van der Waals surface area contributed by atoms with Gasteiger partial charge >= 0.3 is 0 Å². The number of pyridine rings is 1. The molecule has 1 aromatic rings. The lowest BCUT2D eigenvalue weighted by atomic mass is 9.73. The molecule has 2 unspecified atom stereocenters. The van der Waals surface area contributed by atoms with Gasteiger partial charge in [-0.1, -0.05) is 26.7 Å². The lowest BCUT2D eigenvalue weighted by Crippen LogP contribution is -2.36. The Morgan fingerprint density at radius 3 is 3.00 bits per heavy atom. The molecule has 1 aliphatic carbocycles. The van der Waals surface area contributed by atoms with Gasteiger partial charge in [-0.05, 0) is 31.2 Å². The number of aliphatic hydroxyl groups is 1. The van der Waals surface area contributed by atoms with Crippen LogP contribution in [0.2, 0.25) is 0 Å². The maximum atomic E-state index is 10.9. The fraction of sp³-hybridized carbons (Fsp3) is 0.667. The Labute approximate surface area is 109 Å². The highest BCUT2D eigenvalue weighted by Crippen LogP contribution is 2.41. The van der Waals surface area contributed by atoms with Crippen LogP contribution in [0.25, 0.3) is 0 Å². The zero-order chi connectivity index (χ0) is 13.0. The SMILES string of the molecule is CCCOc1cncc(C2(O)CCCCC2C)c1. The zero-order valence-corrected chi connectivity index (χ0v) is 11.4. The molecule has 2 rings (SSSR count). The molecular formula is C15H23NO2. The van der Waals surface area contributed by atoms with Crippen LogP contribution in [0.5, 0.6) is 5.75 Å². The smallest absolute Gasteiger partial charge is 0.137 e. The highest BCUT2D eigenvalue weighted by molar-refractivity contribution is 5.29. The van der Waals surface area contributed by atoms with Gasteiger partial charge in [0.25, 0.3) is 0 Å². The van der Waals surface area contributed by atoms with Crippen molar-refractivity contribution in [2.24, 2.45) is 5.92 Å². The summed E-state index contributed by atoms with van der Waals surface area (Å²) >= 11 is 0. The monoisotopic (exact) mass is 249 g/mol. The molecule has 100 valence electrons. The van der Waals surface area contributed by atoms with Crippen molar-refractivity contribution in [2.75, 3.05) is 6.61 Å². The minimum atomic E-state index is -0.725. The van der Waals surface area contributed by atoms with Gasteiger partial charge in [0.1, 0.15) is 5.75 Å². The maximum absolute atomic E-state index is 10.9. The Hall–Kier alpha value is -1.09. The summed E-state index contributed by atoms with van der Waals surface area (Å²) in [6.45, 7) is 4.89. The van der Waals surface area contributed by atoms with Crippen LogP contribution < -0.4 is 4.74 Å². The third kappa shape index (κ3) is 2.66. The molecule has 1 heterocycles. The fourth-order valence-electron chi connectivity index (χ4n) is 2.71. The van der Waals surface area contributed by atoms with E-state index in [9.17, 15) is 5.11 Å². The molecule has 1 aliphatic rings. The molecule has 0 radical (unpaired) electrons. The van der Waals surface area contributed by atoms with Crippen molar-refractivity contribution in [3.05, 3.63) is 24.0 Å². The molecular weight excluding hydrogens is 226 g/mol. The molecule has 0 amide bonds. The van der Waals surface area contributed by atoms with E-state index in [-0.39, 0.29) is 5.92 Å². The third-order valence-electron chi connectivity index (χ3n) is 3.95. The van der Waals surface area contributed by atoms with Gasteiger partial charge in [0.15, 0.2) is 0 Å². The molecule has 0 bridgehead atoms. The van der Waals surface area contributed by atoms with E-state index in [1.165, 1.54) is 6.42 Å². The molecule has 3 nitrogen and oxygen atoms in total. The van der Waals surface area contributed by atoms with E-state index < -0.39 is 5.60 Å². The van der Waals surface area contributed by atoms with Gasteiger partial charge in [-0.25, -0.2) is 0 Å². The molecule has 0 aromatic carbocycles. The van der Waals surface area contributed by atoms with Crippen LogP contribution in [-0.4, -0.2) is 16.7 Å². The predicted molar refractivity (Wildman–Crippen MR) is 71.6 cm³/mol. The number of rotatable bonds is 4.